The Hall–Kier alpha value is -1.44. The highest BCUT2D eigenvalue weighted by atomic mass is 16.6. The van der Waals surface area contributed by atoms with Crippen molar-refractivity contribution in [3.05, 3.63) is 17.0 Å². The number of aliphatic hydroxyl groups excluding tert-OH is 1. The van der Waals surface area contributed by atoms with Gasteiger partial charge in [0.25, 0.3) is 5.91 Å². The van der Waals surface area contributed by atoms with Gasteiger partial charge in [-0.05, 0) is 13.3 Å². The summed E-state index contributed by atoms with van der Waals surface area (Å²) in [6.07, 6.45) is -0.426. The number of rotatable bonds is 3. The first-order valence-electron chi connectivity index (χ1n) is 6.87. The van der Waals surface area contributed by atoms with E-state index >= 15 is 0 Å². The fourth-order valence-corrected chi connectivity index (χ4v) is 2.84. The molecule has 0 spiro atoms. The van der Waals surface area contributed by atoms with Crippen LogP contribution in [0.15, 0.2) is 0 Å². The molecule has 20 heavy (non-hydrogen) atoms. The molecular formula is C13H19N3O4. The molecule has 7 nitrogen and oxygen atoms in total. The van der Waals surface area contributed by atoms with E-state index in [2.05, 4.69) is 15.5 Å². The molecule has 0 bridgehead atoms. The zero-order valence-electron chi connectivity index (χ0n) is 11.5. The highest BCUT2D eigenvalue weighted by Crippen LogP contribution is 2.27. The second-order valence-electron chi connectivity index (χ2n) is 5.27. The van der Waals surface area contributed by atoms with E-state index in [1.165, 1.54) is 0 Å². The zero-order valence-corrected chi connectivity index (χ0v) is 11.5. The summed E-state index contributed by atoms with van der Waals surface area (Å²) in [5, 5.41) is 19.5. The van der Waals surface area contributed by atoms with Crippen molar-refractivity contribution in [2.45, 2.75) is 44.6 Å². The summed E-state index contributed by atoms with van der Waals surface area (Å²) in [5.41, 5.74) is 2.24. The third kappa shape index (κ3) is 2.11. The summed E-state index contributed by atoms with van der Waals surface area (Å²) in [5.74, 6) is -0.238. The van der Waals surface area contributed by atoms with E-state index < -0.39 is 6.10 Å². The zero-order chi connectivity index (χ0) is 14.3. The maximum atomic E-state index is 12.3. The van der Waals surface area contributed by atoms with Crippen LogP contribution in [-0.2, 0) is 15.9 Å². The van der Waals surface area contributed by atoms with Crippen molar-refractivity contribution in [1.82, 2.24) is 15.5 Å². The molecule has 1 aromatic rings. The van der Waals surface area contributed by atoms with Gasteiger partial charge in [-0.1, -0.05) is 6.92 Å². The van der Waals surface area contributed by atoms with Crippen LogP contribution in [0, 0.1) is 6.92 Å². The Morgan fingerprint density at radius 3 is 2.90 bits per heavy atom. The number of nitrogens with zero attached hydrogens (tertiary/aromatic N) is 1. The van der Waals surface area contributed by atoms with Crippen molar-refractivity contribution in [3.8, 4) is 0 Å². The van der Waals surface area contributed by atoms with Crippen molar-refractivity contribution in [3.63, 3.8) is 0 Å². The van der Waals surface area contributed by atoms with Gasteiger partial charge in [-0.25, -0.2) is 0 Å². The Balaban J connectivity index is 1.69. The smallest absolute Gasteiger partial charge is 0.272 e. The SMILES string of the molecule is CCc1[nH]nc(C(=O)N[C@H]2CO[C@H]3[C@@H]2OC[C@H]3O)c1C. The van der Waals surface area contributed by atoms with E-state index in [0.717, 1.165) is 17.7 Å². The third-order valence-corrected chi connectivity index (χ3v) is 4.02. The Labute approximate surface area is 116 Å². The highest BCUT2D eigenvalue weighted by Gasteiger charge is 2.47. The Morgan fingerprint density at radius 2 is 2.20 bits per heavy atom. The first kappa shape index (κ1) is 13.5. The van der Waals surface area contributed by atoms with Gasteiger partial charge >= 0.3 is 0 Å². The number of ether oxygens (including phenoxy) is 2. The monoisotopic (exact) mass is 281 g/mol. The molecule has 0 saturated carbocycles. The molecule has 3 rings (SSSR count). The van der Waals surface area contributed by atoms with Crippen LogP contribution in [0.5, 0.6) is 0 Å². The van der Waals surface area contributed by atoms with Crippen LogP contribution in [0.2, 0.25) is 0 Å². The molecule has 2 aliphatic heterocycles. The summed E-state index contributed by atoms with van der Waals surface area (Å²) in [7, 11) is 0. The second kappa shape index (κ2) is 5.16. The Morgan fingerprint density at radius 1 is 1.45 bits per heavy atom. The topological polar surface area (TPSA) is 96.5 Å². The molecule has 3 N–H and O–H groups in total. The molecular weight excluding hydrogens is 262 g/mol. The molecule has 0 radical (unpaired) electrons. The van der Waals surface area contributed by atoms with Crippen LogP contribution in [0.25, 0.3) is 0 Å². The largest absolute Gasteiger partial charge is 0.388 e. The number of fused-ring (bicyclic) bond motifs is 1. The molecule has 110 valence electrons. The van der Waals surface area contributed by atoms with Gasteiger partial charge in [-0.2, -0.15) is 5.10 Å². The molecule has 2 saturated heterocycles. The summed E-state index contributed by atoms with van der Waals surface area (Å²) in [6, 6.07) is -0.245. The number of aliphatic hydroxyl groups is 1. The molecule has 0 aromatic carbocycles. The number of nitrogens with one attached hydrogen (secondary N) is 2. The average molecular weight is 281 g/mol. The number of amides is 1. The molecule has 7 heteroatoms. The average Bonchev–Trinajstić information content (AvgIpc) is 3.08. The van der Waals surface area contributed by atoms with Crippen molar-refractivity contribution >= 4 is 5.91 Å². The minimum absolute atomic E-state index is 0.238. The molecule has 1 aromatic heterocycles. The summed E-state index contributed by atoms with van der Waals surface area (Å²) < 4.78 is 11.0. The van der Waals surface area contributed by atoms with Gasteiger partial charge in [-0.15, -0.1) is 0 Å². The van der Waals surface area contributed by atoms with Crippen molar-refractivity contribution in [2.75, 3.05) is 13.2 Å². The van der Waals surface area contributed by atoms with Crippen LogP contribution in [0.4, 0.5) is 0 Å². The first-order chi connectivity index (χ1) is 9.61. The van der Waals surface area contributed by atoms with Crippen molar-refractivity contribution < 1.29 is 19.4 Å². The Bertz CT molecular complexity index is 516. The maximum absolute atomic E-state index is 12.3. The highest BCUT2D eigenvalue weighted by molar-refractivity contribution is 5.94. The molecule has 1 amide bonds. The molecule has 3 heterocycles. The third-order valence-electron chi connectivity index (χ3n) is 4.02. The van der Waals surface area contributed by atoms with E-state index in [-0.39, 0.29) is 30.8 Å². The van der Waals surface area contributed by atoms with E-state index in [1.54, 1.807) is 0 Å². The predicted molar refractivity (Wildman–Crippen MR) is 69.4 cm³/mol. The van der Waals surface area contributed by atoms with E-state index in [9.17, 15) is 9.90 Å². The van der Waals surface area contributed by atoms with Gasteiger partial charge < -0.3 is 19.9 Å². The van der Waals surface area contributed by atoms with Crippen LogP contribution in [0.3, 0.4) is 0 Å². The van der Waals surface area contributed by atoms with E-state index in [4.69, 9.17) is 9.47 Å². The second-order valence-corrected chi connectivity index (χ2v) is 5.27. The summed E-state index contributed by atoms with van der Waals surface area (Å²) >= 11 is 0. The number of hydrogen-bond acceptors (Lipinski definition) is 5. The standard InChI is InChI=1S/C13H19N3O4/c1-3-7-6(2)10(16-15-7)13(18)14-8-4-19-12-9(17)5-20-11(8)12/h8-9,11-12,17H,3-5H2,1-2H3,(H,14,18)(H,15,16)/t8-,9+,11+,12+/m0/s1. The predicted octanol–water partition coefficient (Wildman–Crippen LogP) is -0.463. The lowest BCUT2D eigenvalue weighted by Crippen LogP contribution is -2.44. The lowest BCUT2D eigenvalue weighted by molar-refractivity contribution is 0.0178. The van der Waals surface area contributed by atoms with Gasteiger partial charge in [0.1, 0.15) is 18.3 Å². The lowest BCUT2D eigenvalue weighted by Gasteiger charge is -2.16. The number of H-pyrrole nitrogens is 1. The fraction of sp³-hybridized carbons (Fsp3) is 0.692. The molecule has 0 aliphatic carbocycles. The lowest BCUT2D eigenvalue weighted by atomic mass is 10.1. The molecule has 4 atom stereocenters. The van der Waals surface area contributed by atoms with Crippen molar-refractivity contribution in [1.29, 1.82) is 0 Å². The maximum Gasteiger partial charge on any atom is 0.272 e. The van der Waals surface area contributed by atoms with Gasteiger partial charge in [0.05, 0.1) is 19.3 Å². The number of aromatic amines is 1. The molecule has 2 fully saturated rings. The van der Waals surface area contributed by atoms with Gasteiger partial charge in [0, 0.05) is 11.3 Å². The van der Waals surface area contributed by atoms with E-state index in [1.807, 2.05) is 13.8 Å². The van der Waals surface area contributed by atoms with Crippen LogP contribution < -0.4 is 5.32 Å². The summed E-state index contributed by atoms with van der Waals surface area (Å²) in [4.78, 5) is 12.3. The number of carbonyl (C=O) groups excluding carboxylic acids is 1. The van der Waals surface area contributed by atoms with Crippen molar-refractivity contribution in [2.24, 2.45) is 0 Å². The molecule has 0 unspecified atom stereocenters. The van der Waals surface area contributed by atoms with Gasteiger partial charge in [-0.3, -0.25) is 9.89 Å². The fourth-order valence-electron chi connectivity index (χ4n) is 2.84. The number of aryl methyl sites for hydroxylation is 1. The molecule has 2 aliphatic rings. The number of aromatic nitrogens is 2. The van der Waals surface area contributed by atoms with E-state index in [0.29, 0.717) is 12.3 Å². The first-order valence-corrected chi connectivity index (χ1v) is 6.87. The van der Waals surface area contributed by atoms with Crippen LogP contribution >= 0.6 is 0 Å². The minimum Gasteiger partial charge on any atom is -0.388 e. The van der Waals surface area contributed by atoms with Crippen LogP contribution in [0.1, 0.15) is 28.7 Å². The summed E-state index contributed by atoms with van der Waals surface area (Å²) in [6.45, 7) is 4.48. The van der Waals surface area contributed by atoms with Gasteiger partial charge in [0.15, 0.2) is 5.69 Å². The van der Waals surface area contributed by atoms with Crippen LogP contribution in [-0.4, -0.2) is 58.8 Å². The Kier molecular flexibility index (Phi) is 3.49. The minimum atomic E-state index is -0.610. The number of hydrogen-bond donors (Lipinski definition) is 3. The normalized spacial score (nSPS) is 32.4. The van der Waals surface area contributed by atoms with Gasteiger partial charge in [0.2, 0.25) is 0 Å². The quantitative estimate of drug-likeness (QED) is 0.696. The number of carbonyl (C=O) groups is 1.